The Balaban J connectivity index is 2.68. The van der Waals surface area contributed by atoms with E-state index in [1.807, 2.05) is 13.8 Å². The standard InChI is InChI=1S/C13H24N2O3/c1-3-6-10(11(16)17)15-12(18)13(7-4-2)8-5-9-14-13/h10,14H,3-9H2,1-2H3,(H,15,18)(H,16,17)/t10-,13?/m1/s1. The van der Waals surface area contributed by atoms with Gasteiger partial charge in [0, 0.05) is 0 Å². The Morgan fingerprint density at radius 2 is 2.11 bits per heavy atom. The lowest BCUT2D eigenvalue weighted by molar-refractivity contribution is -0.143. The molecular formula is C13H24N2O3. The normalized spacial score (nSPS) is 24.8. The fourth-order valence-corrected chi connectivity index (χ4v) is 2.60. The fourth-order valence-electron chi connectivity index (χ4n) is 2.60. The summed E-state index contributed by atoms with van der Waals surface area (Å²) in [6.45, 7) is 4.78. The molecule has 5 nitrogen and oxygen atoms in total. The molecule has 3 N–H and O–H groups in total. The molecule has 1 saturated heterocycles. The van der Waals surface area contributed by atoms with Gasteiger partial charge in [0.1, 0.15) is 6.04 Å². The summed E-state index contributed by atoms with van der Waals surface area (Å²) >= 11 is 0. The molecule has 1 fully saturated rings. The highest BCUT2D eigenvalue weighted by Gasteiger charge is 2.41. The number of hydrogen-bond acceptors (Lipinski definition) is 3. The van der Waals surface area contributed by atoms with Gasteiger partial charge in [0.2, 0.25) is 5.91 Å². The molecule has 104 valence electrons. The van der Waals surface area contributed by atoms with Crippen molar-refractivity contribution in [1.29, 1.82) is 0 Å². The van der Waals surface area contributed by atoms with Crippen molar-refractivity contribution in [3.8, 4) is 0 Å². The van der Waals surface area contributed by atoms with Crippen LogP contribution in [-0.4, -0.2) is 35.1 Å². The minimum atomic E-state index is -0.949. The average molecular weight is 256 g/mol. The zero-order valence-electron chi connectivity index (χ0n) is 11.3. The van der Waals surface area contributed by atoms with E-state index in [-0.39, 0.29) is 5.91 Å². The molecular weight excluding hydrogens is 232 g/mol. The van der Waals surface area contributed by atoms with Gasteiger partial charge in [-0.05, 0) is 32.2 Å². The van der Waals surface area contributed by atoms with E-state index in [0.29, 0.717) is 6.42 Å². The zero-order valence-corrected chi connectivity index (χ0v) is 11.3. The SMILES string of the molecule is CCC[C@@H](NC(=O)C1(CCC)CCCN1)C(=O)O. The first-order valence-electron chi connectivity index (χ1n) is 6.84. The van der Waals surface area contributed by atoms with Gasteiger partial charge in [-0.2, -0.15) is 0 Å². The first-order valence-corrected chi connectivity index (χ1v) is 6.84. The van der Waals surface area contributed by atoms with E-state index in [1.165, 1.54) is 0 Å². The molecule has 18 heavy (non-hydrogen) atoms. The van der Waals surface area contributed by atoms with E-state index >= 15 is 0 Å². The predicted octanol–water partition coefficient (Wildman–Crippen LogP) is 1.28. The van der Waals surface area contributed by atoms with Crippen LogP contribution in [-0.2, 0) is 9.59 Å². The van der Waals surface area contributed by atoms with Crippen molar-refractivity contribution >= 4 is 11.9 Å². The second kappa shape index (κ2) is 6.73. The number of carboxylic acids is 1. The molecule has 1 aliphatic heterocycles. The third kappa shape index (κ3) is 3.45. The van der Waals surface area contributed by atoms with E-state index in [1.54, 1.807) is 0 Å². The molecule has 0 radical (unpaired) electrons. The molecule has 0 aromatic carbocycles. The Kier molecular flexibility index (Phi) is 5.59. The van der Waals surface area contributed by atoms with Crippen molar-refractivity contribution in [3.05, 3.63) is 0 Å². The number of amides is 1. The van der Waals surface area contributed by atoms with E-state index in [9.17, 15) is 9.59 Å². The lowest BCUT2D eigenvalue weighted by Crippen LogP contribution is -2.57. The lowest BCUT2D eigenvalue weighted by Gasteiger charge is -2.29. The van der Waals surface area contributed by atoms with E-state index < -0.39 is 17.6 Å². The van der Waals surface area contributed by atoms with Crippen molar-refractivity contribution < 1.29 is 14.7 Å². The van der Waals surface area contributed by atoms with Crippen molar-refractivity contribution in [2.75, 3.05) is 6.54 Å². The second-order valence-electron chi connectivity index (χ2n) is 5.02. The number of rotatable bonds is 7. The van der Waals surface area contributed by atoms with E-state index in [0.717, 1.165) is 38.6 Å². The van der Waals surface area contributed by atoms with Gasteiger partial charge in [0.15, 0.2) is 0 Å². The van der Waals surface area contributed by atoms with Gasteiger partial charge in [-0.15, -0.1) is 0 Å². The Bertz CT molecular complexity index is 299. The zero-order chi connectivity index (χ0) is 13.6. The van der Waals surface area contributed by atoms with Gasteiger partial charge >= 0.3 is 5.97 Å². The van der Waals surface area contributed by atoms with Crippen LogP contribution in [0, 0.1) is 0 Å². The smallest absolute Gasteiger partial charge is 0.326 e. The van der Waals surface area contributed by atoms with Crippen molar-refractivity contribution in [2.45, 2.75) is 64.0 Å². The number of carbonyl (C=O) groups excluding carboxylic acids is 1. The Labute approximate surface area is 108 Å². The number of nitrogens with one attached hydrogen (secondary N) is 2. The fraction of sp³-hybridized carbons (Fsp3) is 0.846. The number of carbonyl (C=O) groups is 2. The van der Waals surface area contributed by atoms with Crippen LogP contribution in [0.1, 0.15) is 52.4 Å². The maximum Gasteiger partial charge on any atom is 0.326 e. The highest BCUT2D eigenvalue weighted by molar-refractivity contribution is 5.90. The van der Waals surface area contributed by atoms with Crippen LogP contribution in [0.5, 0.6) is 0 Å². The summed E-state index contributed by atoms with van der Waals surface area (Å²) < 4.78 is 0. The molecule has 0 aromatic heterocycles. The largest absolute Gasteiger partial charge is 0.480 e. The summed E-state index contributed by atoms with van der Waals surface area (Å²) in [5, 5.41) is 15.0. The first-order chi connectivity index (χ1) is 8.55. The summed E-state index contributed by atoms with van der Waals surface area (Å²) in [5.41, 5.74) is -0.545. The Hall–Kier alpha value is -1.10. The Morgan fingerprint density at radius 3 is 2.56 bits per heavy atom. The van der Waals surface area contributed by atoms with Crippen LogP contribution < -0.4 is 10.6 Å². The maximum atomic E-state index is 12.3. The molecule has 0 bridgehead atoms. The quantitative estimate of drug-likeness (QED) is 0.641. The molecule has 0 aromatic rings. The maximum absolute atomic E-state index is 12.3. The molecule has 0 saturated carbocycles. The predicted molar refractivity (Wildman–Crippen MR) is 69.4 cm³/mol. The van der Waals surface area contributed by atoms with Gasteiger partial charge in [-0.25, -0.2) is 4.79 Å². The van der Waals surface area contributed by atoms with Crippen molar-refractivity contribution in [3.63, 3.8) is 0 Å². The third-order valence-corrected chi connectivity index (χ3v) is 3.54. The van der Waals surface area contributed by atoms with Crippen LogP contribution in [0.3, 0.4) is 0 Å². The third-order valence-electron chi connectivity index (χ3n) is 3.54. The summed E-state index contributed by atoms with van der Waals surface area (Å²) in [6.07, 6.45) is 4.65. The van der Waals surface area contributed by atoms with Crippen molar-refractivity contribution in [1.82, 2.24) is 10.6 Å². The number of hydrogen-bond donors (Lipinski definition) is 3. The van der Waals surface area contributed by atoms with Gasteiger partial charge in [0.05, 0.1) is 5.54 Å². The van der Waals surface area contributed by atoms with E-state index in [4.69, 9.17) is 5.11 Å². The highest BCUT2D eigenvalue weighted by atomic mass is 16.4. The molecule has 1 aliphatic rings. The van der Waals surface area contributed by atoms with Crippen LogP contribution in [0.25, 0.3) is 0 Å². The molecule has 5 heteroatoms. The highest BCUT2D eigenvalue weighted by Crippen LogP contribution is 2.25. The van der Waals surface area contributed by atoms with Crippen LogP contribution in [0.2, 0.25) is 0 Å². The van der Waals surface area contributed by atoms with Gasteiger partial charge in [0.25, 0.3) is 0 Å². The molecule has 2 atom stereocenters. The molecule has 1 unspecified atom stereocenters. The second-order valence-corrected chi connectivity index (χ2v) is 5.02. The van der Waals surface area contributed by atoms with Gasteiger partial charge < -0.3 is 15.7 Å². The minimum Gasteiger partial charge on any atom is -0.480 e. The molecule has 1 rings (SSSR count). The van der Waals surface area contributed by atoms with Crippen molar-refractivity contribution in [2.24, 2.45) is 0 Å². The molecule has 0 spiro atoms. The van der Waals surface area contributed by atoms with E-state index in [2.05, 4.69) is 10.6 Å². The van der Waals surface area contributed by atoms with Crippen LogP contribution in [0.15, 0.2) is 0 Å². The first kappa shape index (κ1) is 15.0. The average Bonchev–Trinajstić information content (AvgIpc) is 2.78. The summed E-state index contributed by atoms with van der Waals surface area (Å²) in [7, 11) is 0. The number of aliphatic carboxylic acids is 1. The number of carboxylic acid groups (broad SMARTS) is 1. The Morgan fingerprint density at radius 1 is 1.39 bits per heavy atom. The van der Waals surface area contributed by atoms with Gasteiger partial charge in [-0.1, -0.05) is 26.7 Å². The topological polar surface area (TPSA) is 78.4 Å². The summed E-state index contributed by atoms with van der Waals surface area (Å²) in [5.74, 6) is -1.10. The van der Waals surface area contributed by atoms with Crippen LogP contribution in [0.4, 0.5) is 0 Å². The lowest BCUT2D eigenvalue weighted by atomic mass is 9.90. The monoisotopic (exact) mass is 256 g/mol. The minimum absolute atomic E-state index is 0.150. The van der Waals surface area contributed by atoms with Gasteiger partial charge in [-0.3, -0.25) is 4.79 Å². The molecule has 1 amide bonds. The molecule has 0 aliphatic carbocycles. The van der Waals surface area contributed by atoms with Crippen LogP contribution >= 0.6 is 0 Å². The molecule has 1 heterocycles. The summed E-state index contributed by atoms with van der Waals surface area (Å²) in [6, 6.07) is -0.765. The summed E-state index contributed by atoms with van der Waals surface area (Å²) in [4.78, 5) is 23.4.